The van der Waals surface area contributed by atoms with Crippen LogP contribution in [0, 0.1) is 0 Å². The van der Waals surface area contributed by atoms with Crippen molar-refractivity contribution in [1.29, 1.82) is 0 Å². The molecule has 0 saturated carbocycles. The Bertz CT molecular complexity index is 597. The Morgan fingerprint density at radius 2 is 2.00 bits per heavy atom. The monoisotopic (exact) mass is 304 g/mol. The first-order valence-electron chi connectivity index (χ1n) is 7.49. The average Bonchev–Trinajstić information content (AvgIpc) is 2.53. The highest BCUT2D eigenvalue weighted by Crippen LogP contribution is 2.35. The fourth-order valence-corrected chi connectivity index (χ4v) is 2.90. The van der Waals surface area contributed by atoms with Gasteiger partial charge in [0.05, 0.1) is 6.54 Å². The number of piperazine rings is 1. The molecule has 3 heterocycles. The normalized spacial score (nSPS) is 18.1. The summed E-state index contributed by atoms with van der Waals surface area (Å²) in [7, 11) is 1.86. The number of hydrogen-bond donors (Lipinski definition) is 1. The number of carbonyl (C=O) groups is 2. The minimum absolute atomic E-state index is 0.0713. The maximum absolute atomic E-state index is 11.8. The molecule has 0 bridgehead atoms. The molecule has 2 aliphatic rings. The number of hydrogen-bond acceptors (Lipinski definition) is 6. The van der Waals surface area contributed by atoms with E-state index in [1.165, 1.54) is 6.33 Å². The van der Waals surface area contributed by atoms with Gasteiger partial charge in [0.2, 0.25) is 11.8 Å². The molecule has 0 spiro atoms. The number of carbonyl (C=O) groups excluding carboxylic acids is 2. The molecule has 8 nitrogen and oxygen atoms in total. The highest BCUT2D eigenvalue weighted by molar-refractivity contribution is 6.02. The molecule has 0 unspecified atom stereocenters. The first-order valence-corrected chi connectivity index (χ1v) is 7.49. The first-order chi connectivity index (χ1) is 10.6. The van der Waals surface area contributed by atoms with Gasteiger partial charge in [-0.05, 0) is 0 Å². The van der Waals surface area contributed by atoms with Crippen molar-refractivity contribution in [2.24, 2.45) is 0 Å². The summed E-state index contributed by atoms with van der Waals surface area (Å²) in [6.45, 7) is 5.03. The van der Waals surface area contributed by atoms with E-state index in [4.69, 9.17) is 0 Å². The van der Waals surface area contributed by atoms with Crippen LogP contribution in [0.3, 0.4) is 0 Å². The number of rotatable bonds is 2. The Labute approximate surface area is 129 Å². The van der Waals surface area contributed by atoms with Gasteiger partial charge < -0.3 is 20.0 Å². The lowest BCUT2D eigenvalue weighted by Crippen LogP contribution is -2.49. The Kier molecular flexibility index (Phi) is 3.82. The predicted molar refractivity (Wildman–Crippen MR) is 83.0 cm³/mol. The minimum Gasteiger partial charge on any atom is -0.359 e. The Morgan fingerprint density at radius 1 is 1.27 bits per heavy atom. The summed E-state index contributed by atoms with van der Waals surface area (Å²) in [6.07, 6.45) is 2.01. The molecular weight excluding hydrogens is 284 g/mol. The molecule has 1 N–H and O–H groups in total. The summed E-state index contributed by atoms with van der Waals surface area (Å²) in [5.41, 5.74) is 0.845. The van der Waals surface area contributed by atoms with Crippen molar-refractivity contribution in [2.75, 3.05) is 54.9 Å². The van der Waals surface area contributed by atoms with Gasteiger partial charge in [0.25, 0.3) is 0 Å². The van der Waals surface area contributed by atoms with Crippen molar-refractivity contribution in [3.63, 3.8) is 0 Å². The first kappa shape index (κ1) is 14.6. The second-order valence-corrected chi connectivity index (χ2v) is 5.52. The zero-order valence-electron chi connectivity index (χ0n) is 12.9. The third-order valence-electron chi connectivity index (χ3n) is 4.06. The fourth-order valence-electron chi connectivity index (χ4n) is 2.90. The second kappa shape index (κ2) is 5.78. The Morgan fingerprint density at radius 3 is 2.68 bits per heavy atom. The Balaban J connectivity index is 1.81. The minimum atomic E-state index is -0.0713. The average molecular weight is 304 g/mol. The molecule has 2 aliphatic heterocycles. The lowest BCUT2D eigenvalue weighted by atomic mass is 10.2. The van der Waals surface area contributed by atoms with Crippen LogP contribution in [0.5, 0.6) is 0 Å². The molecule has 0 aliphatic carbocycles. The van der Waals surface area contributed by atoms with Gasteiger partial charge in [-0.3, -0.25) is 9.59 Å². The van der Waals surface area contributed by atoms with Crippen molar-refractivity contribution in [3.8, 4) is 0 Å². The van der Waals surface area contributed by atoms with E-state index < -0.39 is 0 Å². The molecule has 0 aromatic carbocycles. The van der Waals surface area contributed by atoms with E-state index in [-0.39, 0.29) is 11.8 Å². The van der Waals surface area contributed by atoms with Crippen LogP contribution in [0.4, 0.5) is 17.3 Å². The summed E-state index contributed by atoms with van der Waals surface area (Å²) in [4.78, 5) is 37.8. The quantitative estimate of drug-likeness (QED) is 0.823. The molecule has 1 fully saturated rings. The summed E-state index contributed by atoms with van der Waals surface area (Å²) in [5, 5.41) is 2.78. The number of nitrogens with one attached hydrogen (secondary N) is 1. The van der Waals surface area contributed by atoms with Crippen LogP contribution in [0.15, 0.2) is 6.33 Å². The topological polar surface area (TPSA) is 81.7 Å². The summed E-state index contributed by atoms with van der Waals surface area (Å²) >= 11 is 0. The standard InChI is InChI=1S/C14H20N6O2/c1-3-11(22)19-4-6-20(7-5-19)14-12-13(15-9-16-14)17-10(21)8-18(12)2/h9H,3-8H2,1-2H3,(H,15,16,17,21). The van der Waals surface area contributed by atoms with Crippen LogP contribution in [0.2, 0.25) is 0 Å². The number of nitrogens with zero attached hydrogens (tertiary/aromatic N) is 5. The van der Waals surface area contributed by atoms with Gasteiger partial charge in [0, 0.05) is 39.6 Å². The van der Waals surface area contributed by atoms with Gasteiger partial charge in [-0.25, -0.2) is 9.97 Å². The van der Waals surface area contributed by atoms with Crippen LogP contribution in [-0.2, 0) is 9.59 Å². The van der Waals surface area contributed by atoms with E-state index in [1.54, 1.807) is 0 Å². The molecule has 2 amide bonds. The van der Waals surface area contributed by atoms with Crippen LogP contribution < -0.4 is 15.1 Å². The zero-order valence-corrected chi connectivity index (χ0v) is 12.9. The van der Waals surface area contributed by atoms with Gasteiger partial charge in [0.1, 0.15) is 12.0 Å². The SMILES string of the molecule is CCC(=O)N1CCN(c2ncnc3c2N(C)CC(=O)N3)CC1. The number of amides is 2. The van der Waals surface area contributed by atoms with Crippen molar-refractivity contribution in [3.05, 3.63) is 6.33 Å². The third-order valence-corrected chi connectivity index (χ3v) is 4.06. The van der Waals surface area contributed by atoms with E-state index in [9.17, 15) is 9.59 Å². The van der Waals surface area contributed by atoms with Gasteiger partial charge >= 0.3 is 0 Å². The van der Waals surface area contributed by atoms with Gasteiger partial charge in [-0.2, -0.15) is 0 Å². The number of fused-ring (bicyclic) bond motifs is 1. The van der Waals surface area contributed by atoms with E-state index >= 15 is 0 Å². The van der Waals surface area contributed by atoms with Gasteiger partial charge in [-0.1, -0.05) is 6.92 Å². The van der Waals surface area contributed by atoms with Crippen molar-refractivity contribution < 1.29 is 9.59 Å². The van der Waals surface area contributed by atoms with Crippen LogP contribution in [-0.4, -0.2) is 66.5 Å². The van der Waals surface area contributed by atoms with Crippen LogP contribution >= 0.6 is 0 Å². The summed E-state index contributed by atoms with van der Waals surface area (Å²) < 4.78 is 0. The second-order valence-electron chi connectivity index (χ2n) is 5.52. The number of aromatic nitrogens is 2. The zero-order chi connectivity index (χ0) is 15.7. The van der Waals surface area contributed by atoms with E-state index in [2.05, 4.69) is 20.2 Å². The molecule has 0 radical (unpaired) electrons. The molecule has 1 aromatic heterocycles. The van der Waals surface area contributed by atoms with E-state index in [1.807, 2.05) is 23.8 Å². The maximum Gasteiger partial charge on any atom is 0.245 e. The largest absolute Gasteiger partial charge is 0.359 e. The predicted octanol–water partition coefficient (Wildman–Crippen LogP) is -0.0765. The summed E-state index contributed by atoms with van der Waals surface area (Å²) in [6, 6.07) is 0. The molecule has 1 aromatic rings. The Hall–Kier alpha value is -2.38. The lowest BCUT2D eigenvalue weighted by Gasteiger charge is -2.38. The maximum atomic E-state index is 11.8. The lowest BCUT2D eigenvalue weighted by molar-refractivity contribution is -0.131. The third kappa shape index (κ3) is 2.56. The molecule has 0 atom stereocenters. The number of anilines is 3. The van der Waals surface area contributed by atoms with Crippen LogP contribution in [0.25, 0.3) is 0 Å². The molecule has 118 valence electrons. The molecule has 8 heteroatoms. The smallest absolute Gasteiger partial charge is 0.245 e. The highest BCUT2D eigenvalue weighted by atomic mass is 16.2. The molecule has 3 rings (SSSR count). The van der Waals surface area contributed by atoms with E-state index in [0.717, 1.165) is 24.6 Å². The van der Waals surface area contributed by atoms with Gasteiger partial charge in [-0.15, -0.1) is 0 Å². The number of likely N-dealkylation sites (N-methyl/N-ethyl adjacent to an activating group) is 1. The molecular formula is C14H20N6O2. The highest BCUT2D eigenvalue weighted by Gasteiger charge is 2.29. The molecule has 22 heavy (non-hydrogen) atoms. The van der Waals surface area contributed by atoms with Crippen molar-refractivity contribution in [2.45, 2.75) is 13.3 Å². The summed E-state index contributed by atoms with van der Waals surface area (Å²) in [5.74, 6) is 1.48. The van der Waals surface area contributed by atoms with Gasteiger partial charge in [0.15, 0.2) is 11.6 Å². The van der Waals surface area contributed by atoms with Crippen LogP contribution in [0.1, 0.15) is 13.3 Å². The molecule has 1 saturated heterocycles. The fraction of sp³-hybridized carbons (Fsp3) is 0.571. The van der Waals surface area contributed by atoms with Crippen molar-refractivity contribution >= 4 is 29.1 Å². The van der Waals surface area contributed by atoms with Crippen molar-refractivity contribution in [1.82, 2.24) is 14.9 Å². The van der Waals surface area contributed by atoms with E-state index in [0.29, 0.717) is 31.9 Å².